The molecule has 1 aliphatic rings. The van der Waals surface area contributed by atoms with Crippen LogP contribution in [0.25, 0.3) is 0 Å². The van der Waals surface area contributed by atoms with Crippen LogP contribution < -0.4 is 65.5 Å². The summed E-state index contributed by atoms with van der Waals surface area (Å²) in [6, 6.07) is -5.44. The molecule has 2 rings (SSSR count). The number of nitrogens with one attached hydrogen (secondary N) is 8. The minimum absolute atomic E-state index is 0.0493. The second kappa shape index (κ2) is 29.9. The van der Waals surface area contributed by atoms with Crippen LogP contribution in [-0.2, 0) is 54.4 Å². The first-order valence-electron chi connectivity index (χ1n) is 22.2. The van der Waals surface area contributed by atoms with Crippen molar-refractivity contribution in [1.29, 1.82) is 0 Å². The molecule has 0 unspecified atom stereocenters. The highest BCUT2D eigenvalue weighted by Crippen LogP contribution is 2.14. The SMILES string of the molecule is CC(C)C[C@H](NC(=O)[C@H](CCC(N)=O)NC(=O)[C@H](CS)NC(=O)[C@H](CO)NC(=O)[C@@H]1CCCN1)C(=O)N[C@@H](Cc1ccc(O)cc1)C(=O)N[C@@H](CCC(N)=O)C(=O)N[C@@H](CCCN=C(N)N)C(=O)O. The Labute approximate surface area is 403 Å². The molecule has 0 spiro atoms. The number of aliphatic hydroxyl groups excluding tert-OH is 1. The van der Waals surface area contributed by atoms with Gasteiger partial charge in [-0.2, -0.15) is 12.6 Å². The van der Waals surface area contributed by atoms with E-state index in [-0.39, 0.29) is 68.4 Å². The van der Waals surface area contributed by atoms with E-state index in [9.17, 15) is 63.3 Å². The molecule has 0 bridgehead atoms. The molecule has 9 amide bonds. The lowest BCUT2D eigenvalue weighted by Gasteiger charge is -2.28. The highest BCUT2D eigenvalue weighted by molar-refractivity contribution is 7.80. The summed E-state index contributed by atoms with van der Waals surface area (Å²) in [6.07, 6.45) is -0.656. The third-order valence-electron chi connectivity index (χ3n) is 10.5. The number of carbonyl (C=O) groups is 10. The molecule has 8 atom stereocenters. The number of carboxylic acid groups (broad SMARTS) is 1. The number of aliphatic imine (C=N–C) groups is 1. The smallest absolute Gasteiger partial charge is 0.326 e. The number of carbonyl (C=O) groups excluding carboxylic acids is 9. The molecular formula is C42H67N13O13S. The number of rotatable bonds is 31. The molecule has 26 nitrogen and oxygen atoms in total. The van der Waals surface area contributed by atoms with Crippen molar-refractivity contribution in [2.45, 2.75) is 126 Å². The summed E-state index contributed by atoms with van der Waals surface area (Å²) in [6.45, 7) is 3.27. The number of phenols is 1. The number of hydrogen-bond donors (Lipinski definition) is 16. The number of phenolic OH excluding ortho intramolecular Hbond substituents is 1. The number of nitrogens with two attached hydrogens (primary N) is 4. The number of thiol groups is 1. The molecule has 1 heterocycles. The summed E-state index contributed by atoms with van der Waals surface area (Å²) in [5.74, 6) is -10.4. The molecule has 0 aromatic heterocycles. The Morgan fingerprint density at radius 2 is 1.16 bits per heavy atom. The minimum atomic E-state index is -1.56. The van der Waals surface area contributed by atoms with E-state index in [1.54, 1.807) is 13.8 Å². The van der Waals surface area contributed by atoms with E-state index < -0.39 is 127 Å². The average molecular weight is 994 g/mol. The van der Waals surface area contributed by atoms with Crippen LogP contribution in [0, 0.1) is 5.92 Å². The van der Waals surface area contributed by atoms with Gasteiger partial charge >= 0.3 is 5.97 Å². The highest BCUT2D eigenvalue weighted by Gasteiger charge is 2.35. The summed E-state index contributed by atoms with van der Waals surface area (Å²) in [5.41, 5.74) is 21.8. The quantitative estimate of drug-likeness (QED) is 0.0143. The summed E-state index contributed by atoms with van der Waals surface area (Å²) in [4.78, 5) is 135. The van der Waals surface area contributed by atoms with Crippen molar-refractivity contribution in [3.8, 4) is 5.75 Å². The van der Waals surface area contributed by atoms with Crippen molar-refractivity contribution in [3.63, 3.8) is 0 Å². The zero-order valence-electron chi connectivity index (χ0n) is 38.5. The van der Waals surface area contributed by atoms with E-state index in [1.807, 2.05) is 0 Å². The molecule has 0 aliphatic carbocycles. The van der Waals surface area contributed by atoms with E-state index in [0.29, 0.717) is 18.5 Å². The highest BCUT2D eigenvalue weighted by atomic mass is 32.1. The Hall–Kier alpha value is -6.74. The first kappa shape index (κ1) is 58.4. The molecular weight excluding hydrogens is 927 g/mol. The van der Waals surface area contributed by atoms with Gasteiger partial charge in [-0.25, -0.2) is 4.79 Å². The average Bonchev–Trinajstić information content (AvgIpc) is 3.83. The van der Waals surface area contributed by atoms with Gasteiger partial charge in [0, 0.05) is 31.6 Å². The van der Waals surface area contributed by atoms with E-state index in [0.717, 1.165) is 6.42 Å². The number of hydrogen-bond acceptors (Lipinski definition) is 15. The number of carboxylic acids is 1. The van der Waals surface area contributed by atoms with E-state index in [4.69, 9.17) is 22.9 Å². The topological polar surface area (TPSA) is 444 Å². The number of amides is 9. The fraction of sp³-hybridized carbons (Fsp3) is 0.595. The summed E-state index contributed by atoms with van der Waals surface area (Å²) < 4.78 is 0. The second-order valence-electron chi connectivity index (χ2n) is 16.7. The number of aromatic hydroxyl groups is 1. The lowest BCUT2D eigenvalue weighted by molar-refractivity contribution is -0.142. The van der Waals surface area contributed by atoms with Crippen LogP contribution in [0.5, 0.6) is 5.75 Å². The molecule has 69 heavy (non-hydrogen) atoms. The van der Waals surface area contributed by atoms with Crippen LogP contribution in [0.2, 0.25) is 0 Å². The predicted octanol–water partition coefficient (Wildman–Crippen LogP) is -5.28. The van der Waals surface area contributed by atoms with Gasteiger partial charge in [0.2, 0.25) is 53.2 Å². The van der Waals surface area contributed by atoms with Crippen molar-refractivity contribution in [2.24, 2.45) is 33.8 Å². The second-order valence-corrected chi connectivity index (χ2v) is 17.1. The zero-order chi connectivity index (χ0) is 51.8. The van der Waals surface area contributed by atoms with Gasteiger partial charge in [0.05, 0.1) is 12.6 Å². The van der Waals surface area contributed by atoms with Crippen molar-refractivity contribution >= 4 is 77.7 Å². The van der Waals surface area contributed by atoms with Gasteiger partial charge in [-0.05, 0) is 75.1 Å². The Balaban J connectivity index is 2.39. The summed E-state index contributed by atoms with van der Waals surface area (Å²) >= 11 is 4.15. The van der Waals surface area contributed by atoms with Gasteiger partial charge in [0.25, 0.3) is 0 Å². The molecule has 1 aromatic rings. The number of benzene rings is 1. The monoisotopic (exact) mass is 993 g/mol. The molecule has 1 aliphatic heterocycles. The molecule has 384 valence electrons. The normalized spacial score (nSPS) is 16.2. The van der Waals surface area contributed by atoms with Gasteiger partial charge in [-0.15, -0.1) is 0 Å². The molecule has 1 aromatic carbocycles. The van der Waals surface area contributed by atoms with E-state index in [1.165, 1.54) is 24.3 Å². The minimum Gasteiger partial charge on any atom is -0.508 e. The van der Waals surface area contributed by atoms with Crippen LogP contribution in [0.15, 0.2) is 29.3 Å². The van der Waals surface area contributed by atoms with Crippen LogP contribution in [0.4, 0.5) is 0 Å². The Kier molecular flexibility index (Phi) is 25.3. The first-order valence-corrected chi connectivity index (χ1v) is 22.9. The number of guanidine groups is 1. The number of nitrogens with zero attached hydrogens (tertiary/aromatic N) is 1. The first-order chi connectivity index (χ1) is 32.5. The fourth-order valence-electron chi connectivity index (χ4n) is 6.85. The third kappa shape index (κ3) is 21.8. The molecule has 27 heteroatoms. The lowest BCUT2D eigenvalue weighted by Crippen LogP contribution is -2.61. The predicted molar refractivity (Wildman–Crippen MR) is 251 cm³/mol. The number of aliphatic carboxylic acids is 1. The van der Waals surface area contributed by atoms with Crippen molar-refractivity contribution in [1.82, 2.24) is 42.5 Å². The fourth-order valence-corrected chi connectivity index (χ4v) is 7.11. The van der Waals surface area contributed by atoms with E-state index >= 15 is 0 Å². The number of primary amides is 2. The zero-order valence-corrected chi connectivity index (χ0v) is 39.4. The van der Waals surface area contributed by atoms with Gasteiger partial charge in [0.1, 0.15) is 48.0 Å². The van der Waals surface area contributed by atoms with Crippen molar-refractivity contribution < 1.29 is 63.3 Å². The lowest BCUT2D eigenvalue weighted by atomic mass is 9.99. The molecule has 1 saturated heterocycles. The van der Waals surface area contributed by atoms with Crippen molar-refractivity contribution in [3.05, 3.63) is 29.8 Å². The Morgan fingerprint density at radius 3 is 1.64 bits per heavy atom. The third-order valence-corrected chi connectivity index (χ3v) is 10.9. The van der Waals surface area contributed by atoms with Gasteiger partial charge in [-0.3, -0.25) is 48.1 Å². The van der Waals surface area contributed by atoms with Gasteiger partial charge in [0.15, 0.2) is 5.96 Å². The standard InChI is InChI=1S/C42H67N13O13S/c1-21(2)17-28(52-36(62)26(12-14-33(44)59)50-40(66)31(20-69)55-39(65)30(19-56)54-34(60)24-5-3-15-47-24)37(63)53-29(18-22-7-9-23(57)10-8-22)38(64)49-25(11-13-32(43)58)35(61)51-27(41(67)68)6-4-16-48-42(45)46/h7-10,21,24-31,47,56-57,69H,3-6,11-20H2,1-2H3,(H2,43,58)(H2,44,59)(H,49,64)(H,50,66)(H,51,61)(H,52,62)(H,53,63)(H,54,60)(H,55,65)(H,67,68)(H4,45,46,48)/t24-,25-,26-,27-,28-,29-,30-,31-/m0/s1. The Morgan fingerprint density at radius 1 is 0.681 bits per heavy atom. The maximum absolute atomic E-state index is 14.2. The molecule has 1 fully saturated rings. The van der Waals surface area contributed by atoms with Gasteiger partial charge < -0.3 is 80.8 Å². The largest absolute Gasteiger partial charge is 0.508 e. The van der Waals surface area contributed by atoms with E-state index in [2.05, 4.69) is 60.2 Å². The molecule has 0 radical (unpaired) electrons. The van der Waals surface area contributed by atoms with Crippen LogP contribution >= 0.6 is 12.6 Å². The maximum atomic E-state index is 14.2. The maximum Gasteiger partial charge on any atom is 0.326 e. The Bertz CT molecular complexity index is 1980. The van der Waals surface area contributed by atoms with Crippen molar-refractivity contribution in [2.75, 3.05) is 25.4 Å². The number of aliphatic hydroxyl groups is 1. The van der Waals surface area contributed by atoms with Gasteiger partial charge in [-0.1, -0.05) is 26.0 Å². The van der Waals surface area contributed by atoms with Crippen LogP contribution in [0.1, 0.15) is 77.2 Å². The van der Waals surface area contributed by atoms with Crippen LogP contribution in [-0.4, -0.2) is 154 Å². The molecule has 0 saturated carbocycles. The summed E-state index contributed by atoms with van der Waals surface area (Å²) in [7, 11) is 0. The van der Waals surface area contributed by atoms with Crippen LogP contribution in [0.3, 0.4) is 0 Å². The summed E-state index contributed by atoms with van der Waals surface area (Å²) in [5, 5.41) is 49.7. The molecule has 19 N–H and O–H groups in total.